The lowest BCUT2D eigenvalue weighted by atomic mass is 10.0. The average molecular weight is 401 g/mol. The van der Waals surface area contributed by atoms with Crippen LogP contribution in [0.15, 0.2) is 67.0 Å². The topological polar surface area (TPSA) is 65.4 Å². The lowest BCUT2D eigenvalue weighted by Crippen LogP contribution is -2.28. The summed E-state index contributed by atoms with van der Waals surface area (Å²) in [6.45, 7) is 1.12. The number of ether oxygens (including phenoxy) is 2. The van der Waals surface area contributed by atoms with Gasteiger partial charge in [0.25, 0.3) is 0 Å². The summed E-state index contributed by atoms with van der Waals surface area (Å²) in [6, 6.07) is 15.8. The molecule has 1 saturated carbocycles. The molecule has 6 heteroatoms. The molecule has 5 rings (SSSR count). The van der Waals surface area contributed by atoms with E-state index in [-0.39, 0.29) is 11.9 Å². The van der Waals surface area contributed by atoms with Crippen molar-refractivity contribution in [3.63, 3.8) is 0 Å². The molecule has 1 aliphatic carbocycles. The Bertz CT molecular complexity index is 1070. The molecule has 1 fully saturated rings. The van der Waals surface area contributed by atoms with Gasteiger partial charge in [-0.1, -0.05) is 24.3 Å². The highest BCUT2D eigenvalue weighted by atomic mass is 16.6. The number of fused-ring (bicyclic) bond motifs is 1. The van der Waals surface area contributed by atoms with E-state index in [2.05, 4.69) is 10.4 Å². The molecule has 2 heterocycles. The summed E-state index contributed by atoms with van der Waals surface area (Å²) in [5.74, 6) is 1.86. The first-order chi connectivity index (χ1) is 14.8. The molecule has 1 unspecified atom stereocenters. The maximum absolute atomic E-state index is 12.6. The second kappa shape index (κ2) is 8.06. The van der Waals surface area contributed by atoms with Crippen molar-refractivity contribution in [1.29, 1.82) is 0 Å². The molecule has 1 atom stereocenters. The van der Waals surface area contributed by atoms with Crippen LogP contribution in [0.5, 0.6) is 11.5 Å². The van der Waals surface area contributed by atoms with Crippen LogP contribution >= 0.6 is 0 Å². The Kier molecular flexibility index (Phi) is 4.97. The number of rotatable bonds is 6. The molecule has 3 aromatic rings. The summed E-state index contributed by atoms with van der Waals surface area (Å²) in [5, 5.41) is 7.52. The SMILES string of the molecule is O=C(C=Cc1cnn(-c2ccccc2)c1)NC(c1ccc2c(c1)OCCO2)C1CC1. The molecule has 30 heavy (non-hydrogen) atoms. The van der Waals surface area contributed by atoms with E-state index in [1.54, 1.807) is 23.0 Å². The fourth-order valence-corrected chi connectivity index (χ4v) is 3.67. The minimum absolute atomic E-state index is 0.0231. The van der Waals surface area contributed by atoms with Gasteiger partial charge in [-0.2, -0.15) is 5.10 Å². The minimum Gasteiger partial charge on any atom is -0.486 e. The predicted molar refractivity (Wildman–Crippen MR) is 114 cm³/mol. The smallest absolute Gasteiger partial charge is 0.244 e. The molecule has 2 aliphatic rings. The van der Waals surface area contributed by atoms with Crippen molar-refractivity contribution in [2.24, 2.45) is 5.92 Å². The quantitative estimate of drug-likeness (QED) is 0.636. The molecule has 2 aromatic carbocycles. The summed E-state index contributed by atoms with van der Waals surface area (Å²) in [4.78, 5) is 12.6. The molecule has 0 saturated heterocycles. The maximum atomic E-state index is 12.6. The van der Waals surface area contributed by atoms with E-state index < -0.39 is 0 Å². The van der Waals surface area contributed by atoms with E-state index in [0.29, 0.717) is 19.1 Å². The van der Waals surface area contributed by atoms with Gasteiger partial charge in [0, 0.05) is 17.8 Å². The molecule has 0 spiro atoms. The highest BCUT2D eigenvalue weighted by molar-refractivity contribution is 5.92. The van der Waals surface area contributed by atoms with Gasteiger partial charge >= 0.3 is 0 Å². The van der Waals surface area contributed by atoms with Gasteiger partial charge in [-0.15, -0.1) is 0 Å². The summed E-state index contributed by atoms with van der Waals surface area (Å²) < 4.78 is 13.1. The third-order valence-corrected chi connectivity index (χ3v) is 5.37. The van der Waals surface area contributed by atoms with Crippen LogP contribution in [0, 0.1) is 5.92 Å². The van der Waals surface area contributed by atoms with Crippen LogP contribution in [0.1, 0.15) is 30.0 Å². The molecule has 1 N–H and O–H groups in total. The fraction of sp³-hybridized carbons (Fsp3) is 0.250. The Hall–Kier alpha value is -3.54. The van der Waals surface area contributed by atoms with Crippen LogP contribution in [0.3, 0.4) is 0 Å². The van der Waals surface area contributed by atoms with Crippen molar-refractivity contribution in [1.82, 2.24) is 15.1 Å². The Morgan fingerprint density at radius 1 is 1.10 bits per heavy atom. The van der Waals surface area contributed by atoms with Crippen LogP contribution in [0.4, 0.5) is 0 Å². The summed E-state index contributed by atoms with van der Waals surface area (Å²) in [7, 11) is 0. The third-order valence-electron chi connectivity index (χ3n) is 5.37. The van der Waals surface area contributed by atoms with Gasteiger partial charge in [0.05, 0.1) is 17.9 Å². The molecule has 1 aromatic heterocycles. The standard InChI is InChI=1S/C24H23N3O3/c28-23(11-6-17-15-25-27(16-17)20-4-2-1-3-5-20)26-24(18-7-8-18)19-9-10-21-22(14-19)30-13-12-29-21/h1-6,9-11,14-16,18,24H,7-8,12-13H2,(H,26,28). The number of nitrogens with one attached hydrogen (secondary N) is 1. The number of hydrogen-bond donors (Lipinski definition) is 1. The number of carbonyl (C=O) groups is 1. The summed E-state index contributed by atoms with van der Waals surface area (Å²) in [5.41, 5.74) is 2.91. The molecule has 152 valence electrons. The van der Waals surface area contributed by atoms with E-state index >= 15 is 0 Å². The monoisotopic (exact) mass is 401 g/mol. The first kappa shape index (κ1) is 18.5. The van der Waals surface area contributed by atoms with Crippen LogP contribution in [0.25, 0.3) is 11.8 Å². The van der Waals surface area contributed by atoms with Crippen LogP contribution in [0.2, 0.25) is 0 Å². The summed E-state index contributed by atoms with van der Waals surface area (Å²) >= 11 is 0. The number of aromatic nitrogens is 2. The number of para-hydroxylation sites is 1. The van der Waals surface area contributed by atoms with Gasteiger partial charge < -0.3 is 14.8 Å². The van der Waals surface area contributed by atoms with Crippen LogP contribution in [-0.2, 0) is 4.79 Å². The molecule has 0 radical (unpaired) electrons. The van der Waals surface area contributed by atoms with Crippen molar-refractivity contribution >= 4 is 12.0 Å². The minimum atomic E-state index is -0.116. The average Bonchev–Trinajstić information content (AvgIpc) is 3.53. The van der Waals surface area contributed by atoms with Crippen molar-refractivity contribution in [3.05, 3.63) is 78.1 Å². The second-order valence-corrected chi connectivity index (χ2v) is 7.61. The van der Waals surface area contributed by atoms with E-state index in [0.717, 1.165) is 41.2 Å². The van der Waals surface area contributed by atoms with E-state index in [1.165, 1.54) is 0 Å². The maximum Gasteiger partial charge on any atom is 0.244 e. The zero-order valence-electron chi connectivity index (χ0n) is 16.5. The van der Waals surface area contributed by atoms with Crippen molar-refractivity contribution < 1.29 is 14.3 Å². The normalized spacial score (nSPS) is 16.4. The number of carbonyl (C=O) groups excluding carboxylic acids is 1. The zero-order chi connectivity index (χ0) is 20.3. The number of nitrogens with zero attached hydrogens (tertiary/aromatic N) is 2. The first-order valence-electron chi connectivity index (χ1n) is 10.2. The second-order valence-electron chi connectivity index (χ2n) is 7.61. The molecule has 1 aliphatic heterocycles. The Morgan fingerprint density at radius 3 is 2.70 bits per heavy atom. The van der Waals surface area contributed by atoms with Gasteiger partial charge in [0.15, 0.2) is 11.5 Å². The first-order valence-corrected chi connectivity index (χ1v) is 10.2. The zero-order valence-corrected chi connectivity index (χ0v) is 16.5. The van der Waals surface area contributed by atoms with Crippen molar-refractivity contribution in [2.75, 3.05) is 13.2 Å². The van der Waals surface area contributed by atoms with Crippen molar-refractivity contribution in [3.8, 4) is 17.2 Å². The highest BCUT2D eigenvalue weighted by Gasteiger charge is 2.33. The fourth-order valence-electron chi connectivity index (χ4n) is 3.67. The van der Waals surface area contributed by atoms with Gasteiger partial charge in [-0.05, 0) is 54.7 Å². The van der Waals surface area contributed by atoms with Gasteiger partial charge in [-0.25, -0.2) is 4.68 Å². The van der Waals surface area contributed by atoms with Gasteiger partial charge in [0.2, 0.25) is 5.91 Å². The van der Waals surface area contributed by atoms with Crippen LogP contribution < -0.4 is 14.8 Å². The largest absolute Gasteiger partial charge is 0.486 e. The van der Waals surface area contributed by atoms with E-state index in [4.69, 9.17) is 9.47 Å². The van der Waals surface area contributed by atoms with Gasteiger partial charge in [-0.3, -0.25) is 4.79 Å². The Balaban J connectivity index is 1.27. The third kappa shape index (κ3) is 4.08. The molecular formula is C24H23N3O3. The lowest BCUT2D eigenvalue weighted by molar-refractivity contribution is -0.117. The Morgan fingerprint density at radius 2 is 1.90 bits per heavy atom. The van der Waals surface area contributed by atoms with E-state index in [1.807, 2.05) is 54.7 Å². The lowest BCUT2D eigenvalue weighted by Gasteiger charge is -2.22. The van der Waals surface area contributed by atoms with E-state index in [9.17, 15) is 4.79 Å². The number of hydrogen-bond acceptors (Lipinski definition) is 4. The Labute approximate surface area is 175 Å². The predicted octanol–water partition coefficient (Wildman–Crippen LogP) is 3.92. The van der Waals surface area contributed by atoms with Gasteiger partial charge in [0.1, 0.15) is 13.2 Å². The van der Waals surface area contributed by atoms with Crippen molar-refractivity contribution in [2.45, 2.75) is 18.9 Å². The van der Waals surface area contributed by atoms with Crippen LogP contribution in [-0.4, -0.2) is 28.9 Å². The molecular weight excluding hydrogens is 378 g/mol. The number of benzene rings is 2. The number of amides is 1. The molecule has 6 nitrogen and oxygen atoms in total. The summed E-state index contributed by atoms with van der Waals surface area (Å²) in [6.07, 6.45) is 9.24. The molecule has 0 bridgehead atoms. The highest BCUT2D eigenvalue weighted by Crippen LogP contribution is 2.43. The molecule has 1 amide bonds.